The first-order chi connectivity index (χ1) is 11.4. The number of aromatic nitrogens is 1. The summed E-state index contributed by atoms with van der Waals surface area (Å²) in [6, 6.07) is 6.64. The van der Waals surface area contributed by atoms with E-state index in [0.717, 1.165) is 5.56 Å². The van der Waals surface area contributed by atoms with Crippen LogP contribution in [0.3, 0.4) is 0 Å². The summed E-state index contributed by atoms with van der Waals surface area (Å²) in [7, 11) is 1.57. The minimum absolute atomic E-state index is 0.136. The maximum absolute atomic E-state index is 12.9. The van der Waals surface area contributed by atoms with E-state index in [4.69, 9.17) is 9.26 Å². The lowest BCUT2D eigenvalue weighted by molar-refractivity contribution is -0.131. The number of nitrogens with zero attached hydrogens (tertiary/aromatic N) is 2. The minimum Gasteiger partial charge on any atom is -0.497 e. The standard InChI is InChI=1S/C17H19N3O4/c1-10-14(11(2)24-19-10)9-20-15(21)17(3,18-16(20)22)12-5-7-13(23-4)8-6-12/h5-8H,9H2,1-4H3,(H,18,22). The summed E-state index contributed by atoms with van der Waals surface area (Å²) in [6.45, 7) is 5.38. The first-order valence-electron chi connectivity index (χ1n) is 7.57. The predicted molar refractivity (Wildman–Crippen MR) is 85.4 cm³/mol. The van der Waals surface area contributed by atoms with Crippen molar-refractivity contribution in [3.8, 4) is 5.75 Å². The molecule has 2 heterocycles. The molecule has 1 aromatic carbocycles. The molecule has 1 saturated heterocycles. The quantitative estimate of drug-likeness (QED) is 0.870. The molecule has 0 spiro atoms. The van der Waals surface area contributed by atoms with Gasteiger partial charge in [-0.25, -0.2) is 4.79 Å². The van der Waals surface area contributed by atoms with E-state index < -0.39 is 11.6 Å². The summed E-state index contributed by atoms with van der Waals surface area (Å²) in [5.74, 6) is 0.982. The van der Waals surface area contributed by atoms with E-state index in [1.165, 1.54) is 4.90 Å². The highest BCUT2D eigenvalue weighted by molar-refractivity contribution is 6.07. The minimum atomic E-state index is -1.11. The Morgan fingerprint density at radius 1 is 1.25 bits per heavy atom. The Bertz CT molecular complexity index is 777. The maximum Gasteiger partial charge on any atom is 0.325 e. The molecule has 1 aromatic heterocycles. The molecule has 0 radical (unpaired) electrons. The first kappa shape index (κ1) is 16.0. The number of nitrogens with one attached hydrogen (secondary N) is 1. The van der Waals surface area contributed by atoms with Crippen LogP contribution in [0.2, 0.25) is 0 Å². The third-order valence-corrected chi connectivity index (χ3v) is 4.44. The van der Waals surface area contributed by atoms with Gasteiger partial charge in [0.05, 0.1) is 19.3 Å². The molecule has 1 N–H and O–H groups in total. The highest BCUT2D eigenvalue weighted by Gasteiger charge is 2.49. The molecule has 1 aliphatic rings. The Balaban J connectivity index is 1.90. The first-order valence-corrected chi connectivity index (χ1v) is 7.57. The van der Waals surface area contributed by atoms with E-state index in [9.17, 15) is 9.59 Å². The van der Waals surface area contributed by atoms with Gasteiger partial charge in [0.2, 0.25) is 0 Å². The number of carbonyl (C=O) groups is 2. The number of amides is 3. The van der Waals surface area contributed by atoms with Crippen molar-refractivity contribution in [3.05, 3.63) is 46.8 Å². The van der Waals surface area contributed by atoms with Crippen LogP contribution in [0.25, 0.3) is 0 Å². The second-order valence-electron chi connectivity index (χ2n) is 5.98. The lowest BCUT2D eigenvalue weighted by Crippen LogP contribution is -2.40. The van der Waals surface area contributed by atoms with E-state index in [-0.39, 0.29) is 12.5 Å². The highest BCUT2D eigenvalue weighted by Crippen LogP contribution is 2.31. The van der Waals surface area contributed by atoms with Gasteiger partial charge in [0.15, 0.2) is 0 Å². The molecule has 7 nitrogen and oxygen atoms in total. The van der Waals surface area contributed by atoms with Gasteiger partial charge in [-0.2, -0.15) is 0 Å². The molecule has 1 aliphatic heterocycles. The molecule has 1 fully saturated rings. The zero-order chi connectivity index (χ0) is 17.5. The fourth-order valence-corrected chi connectivity index (χ4v) is 2.85. The number of hydrogen-bond acceptors (Lipinski definition) is 5. The lowest BCUT2D eigenvalue weighted by Gasteiger charge is -2.22. The Morgan fingerprint density at radius 2 is 1.92 bits per heavy atom. The molecule has 24 heavy (non-hydrogen) atoms. The van der Waals surface area contributed by atoms with Crippen LogP contribution < -0.4 is 10.1 Å². The van der Waals surface area contributed by atoms with Crippen molar-refractivity contribution in [2.24, 2.45) is 0 Å². The van der Waals surface area contributed by atoms with Crippen LogP contribution >= 0.6 is 0 Å². The molecule has 0 aliphatic carbocycles. The number of aryl methyl sites for hydroxylation is 2. The summed E-state index contributed by atoms with van der Waals surface area (Å²) in [5, 5.41) is 6.64. The summed E-state index contributed by atoms with van der Waals surface area (Å²) >= 11 is 0. The third-order valence-electron chi connectivity index (χ3n) is 4.44. The maximum atomic E-state index is 12.9. The normalized spacial score (nSPS) is 20.4. The number of imide groups is 1. The molecule has 0 saturated carbocycles. The molecule has 1 unspecified atom stereocenters. The number of benzene rings is 1. The number of hydrogen-bond donors (Lipinski definition) is 1. The van der Waals surface area contributed by atoms with Crippen LogP contribution in [0.15, 0.2) is 28.8 Å². The number of ether oxygens (including phenoxy) is 1. The Labute approximate surface area is 139 Å². The SMILES string of the molecule is COc1ccc(C2(C)NC(=O)N(Cc3c(C)noc3C)C2=O)cc1. The third kappa shape index (κ3) is 2.42. The van der Waals surface area contributed by atoms with Gasteiger partial charge in [0.1, 0.15) is 17.0 Å². The van der Waals surface area contributed by atoms with Crippen LogP contribution in [-0.2, 0) is 16.9 Å². The van der Waals surface area contributed by atoms with E-state index in [0.29, 0.717) is 22.8 Å². The number of methoxy groups -OCH3 is 1. The zero-order valence-corrected chi connectivity index (χ0v) is 14.0. The van der Waals surface area contributed by atoms with Crippen molar-refractivity contribution in [3.63, 3.8) is 0 Å². The molecule has 0 bridgehead atoms. The van der Waals surface area contributed by atoms with Crippen molar-refractivity contribution in [2.75, 3.05) is 7.11 Å². The van der Waals surface area contributed by atoms with Crippen LogP contribution in [-0.4, -0.2) is 29.1 Å². The van der Waals surface area contributed by atoms with Crippen molar-refractivity contribution < 1.29 is 18.8 Å². The largest absolute Gasteiger partial charge is 0.497 e. The Morgan fingerprint density at radius 3 is 2.46 bits per heavy atom. The molecular weight excluding hydrogens is 310 g/mol. The topological polar surface area (TPSA) is 84.7 Å². The van der Waals surface area contributed by atoms with Crippen LogP contribution in [0.1, 0.15) is 29.5 Å². The summed E-state index contributed by atoms with van der Waals surface area (Å²) < 4.78 is 10.2. The molecular formula is C17H19N3O4. The van der Waals surface area contributed by atoms with E-state index >= 15 is 0 Å². The molecule has 7 heteroatoms. The smallest absolute Gasteiger partial charge is 0.325 e. The summed E-state index contributed by atoms with van der Waals surface area (Å²) in [4.78, 5) is 26.5. The molecule has 2 aromatic rings. The summed E-state index contributed by atoms with van der Waals surface area (Å²) in [6.07, 6.45) is 0. The van der Waals surface area contributed by atoms with Gasteiger partial charge in [0.25, 0.3) is 5.91 Å². The van der Waals surface area contributed by atoms with Gasteiger partial charge in [-0.05, 0) is 38.5 Å². The fraction of sp³-hybridized carbons (Fsp3) is 0.353. The van der Waals surface area contributed by atoms with Gasteiger partial charge in [-0.3, -0.25) is 9.69 Å². The second-order valence-corrected chi connectivity index (χ2v) is 5.98. The Hall–Kier alpha value is -2.83. The number of urea groups is 1. The van der Waals surface area contributed by atoms with Gasteiger partial charge < -0.3 is 14.6 Å². The number of carbonyl (C=O) groups excluding carboxylic acids is 2. The average molecular weight is 329 g/mol. The lowest BCUT2D eigenvalue weighted by atomic mass is 9.92. The van der Waals surface area contributed by atoms with Crippen molar-refractivity contribution in [1.29, 1.82) is 0 Å². The second kappa shape index (κ2) is 5.67. The zero-order valence-electron chi connectivity index (χ0n) is 14.0. The molecule has 126 valence electrons. The van der Waals surface area contributed by atoms with Crippen LogP contribution in [0, 0.1) is 13.8 Å². The van der Waals surface area contributed by atoms with Crippen molar-refractivity contribution in [2.45, 2.75) is 32.9 Å². The van der Waals surface area contributed by atoms with Gasteiger partial charge >= 0.3 is 6.03 Å². The monoisotopic (exact) mass is 329 g/mol. The van der Waals surface area contributed by atoms with Gasteiger partial charge in [0, 0.05) is 5.56 Å². The molecule has 1 atom stereocenters. The van der Waals surface area contributed by atoms with E-state index in [2.05, 4.69) is 10.5 Å². The summed E-state index contributed by atoms with van der Waals surface area (Å²) in [5.41, 5.74) is 1.01. The Kier molecular flexibility index (Phi) is 3.79. The van der Waals surface area contributed by atoms with E-state index in [1.807, 2.05) is 0 Å². The van der Waals surface area contributed by atoms with Crippen molar-refractivity contribution in [1.82, 2.24) is 15.4 Å². The van der Waals surface area contributed by atoms with Gasteiger partial charge in [-0.15, -0.1) is 0 Å². The fourth-order valence-electron chi connectivity index (χ4n) is 2.85. The van der Waals surface area contributed by atoms with Gasteiger partial charge in [-0.1, -0.05) is 17.3 Å². The average Bonchev–Trinajstić information content (AvgIpc) is 3.00. The van der Waals surface area contributed by atoms with E-state index in [1.54, 1.807) is 52.1 Å². The molecule has 3 rings (SSSR count). The molecule has 3 amide bonds. The van der Waals surface area contributed by atoms with Crippen LogP contribution in [0.5, 0.6) is 5.75 Å². The highest BCUT2D eigenvalue weighted by atomic mass is 16.5. The predicted octanol–water partition coefficient (Wildman–Crippen LogP) is 2.27. The van der Waals surface area contributed by atoms with Crippen LogP contribution in [0.4, 0.5) is 4.79 Å². The number of rotatable bonds is 4. The van der Waals surface area contributed by atoms with Crippen molar-refractivity contribution >= 4 is 11.9 Å².